The van der Waals surface area contributed by atoms with Gasteiger partial charge in [0, 0.05) is 0 Å². The maximum absolute atomic E-state index is 12.4. The minimum Gasteiger partial charge on any atom is -0.493 e. The zero-order valence-electron chi connectivity index (χ0n) is 17.5. The number of aromatic carboxylic acids is 1. The molecule has 0 aliphatic heterocycles. The van der Waals surface area contributed by atoms with Crippen LogP contribution in [0.3, 0.4) is 0 Å². The summed E-state index contributed by atoms with van der Waals surface area (Å²) in [5.74, 6) is 0.118. The monoisotopic (exact) mass is 462 g/mol. The molecule has 8 heteroatoms. The van der Waals surface area contributed by atoms with Crippen molar-refractivity contribution < 1.29 is 19.4 Å². The van der Waals surface area contributed by atoms with Crippen molar-refractivity contribution in [1.82, 2.24) is 9.97 Å². The standard InChI is InChI=1S/C25H19ClN2O5/c1-32-22-12-16(7-10-21(22)33-14-15-5-3-2-4-6-15)11-19(26)23-27-20-13-17(25(30)31)8-9-18(20)24(29)28-23/h2-13H,14H2,1H3,(H,30,31)(H,27,28,29)/b19-11-. The fourth-order valence-corrected chi connectivity index (χ4v) is 3.44. The second kappa shape index (κ2) is 9.58. The lowest BCUT2D eigenvalue weighted by Crippen LogP contribution is -2.11. The number of aromatic nitrogens is 2. The first-order valence-electron chi connectivity index (χ1n) is 9.94. The fraction of sp³-hybridized carbons (Fsp3) is 0.0800. The third-order valence-corrected chi connectivity index (χ3v) is 5.19. The number of hydrogen-bond acceptors (Lipinski definition) is 5. The van der Waals surface area contributed by atoms with Gasteiger partial charge in [-0.05, 0) is 47.5 Å². The molecular weight excluding hydrogens is 444 g/mol. The van der Waals surface area contributed by atoms with E-state index in [-0.39, 0.29) is 27.3 Å². The predicted molar refractivity (Wildman–Crippen MR) is 127 cm³/mol. The molecule has 0 fully saturated rings. The lowest BCUT2D eigenvalue weighted by atomic mass is 10.1. The second-order valence-corrected chi connectivity index (χ2v) is 7.54. The Morgan fingerprint density at radius 2 is 1.88 bits per heavy atom. The Morgan fingerprint density at radius 1 is 1.09 bits per heavy atom. The van der Waals surface area contributed by atoms with Gasteiger partial charge in [-0.15, -0.1) is 0 Å². The predicted octanol–water partition coefficient (Wildman–Crippen LogP) is 4.95. The molecule has 0 unspecified atom stereocenters. The highest BCUT2D eigenvalue weighted by Crippen LogP contribution is 2.31. The fourth-order valence-electron chi connectivity index (χ4n) is 3.23. The summed E-state index contributed by atoms with van der Waals surface area (Å²) in [4.78, 5) is 30.6. The van der Waals surface area contributed by atoms with E-state index in [4.69, 9.17) is 21.1 Å². The molecule has 7 nitrogen and oxygen atoms in total. The number of benzene rings is 3. The van der Waals surface area contributed by atoms with E-state index < -0.39 is 11.5 Å². The van der Waals surface area contributed by atoms with Crippen LogP contribution in [0.25, 0.3) is 22.0 Å². The van der Waals surface area contributed by atoms with Crippen LogP contribution in [0.4, 0.5) is 0 Å². The molecule has 4 aromatic rings. The average Bonchev–Trinajstić information content (AvgIpc) is 2.83. The molecule has 33 heavy (non-hydrogen) atoms. The zero-order valence-corrected chi connectivity index (χ0v) is 18.3. The number of H-pyrrole nitrogens is 1. The van der Waals surface area contributed by atoms with Crippen LogP contribution in [0.15, 0.2) is 71.5 Å². The third kappa shape index (κ3) is 5.05. The highest BCUT2D eigenvalue weighted by molar-refractivity contribution is 6.50. The Morgan fingerprint density at radius 3 is 2.61 bits per heavy atom. The first kappa shape index (κ1) is 22.1. The van der Waals surface area contributed by atoms with Crippen LogP contribution in [0.5, 0.6) is 11.5 Å². The minimum absolute atomic E-state index is 0.0301. The van der Waals surface area contributed by atoms with Gasteiger partial charge in [0.1, 0.15) is 6.61 Å². The van der Waals surface area contributed by atoms with Gasteiger partial charge in [0.05, 0.1) is 28.6 Å². The number of hydrogen-bond donors (Lipinski definition) is 2. The SMILES string of the molecule is COc1cc(/C=C(\Cl)c2nc3cc(C(=O)O)ccc3c(=O)[nH]2)ccc1OCc1ccccc1. The van der Waals surface area contributed by atoms with Gasteiger partial charge in [-0.1, -0.05) is 48.0 Å². The number of rotatable bonds is 7. The maximum atomic E-state index is 12.4. The van der Waals surface area contributed by atoms with Gasteiger partial charge in [0.15, 0.2) is 17.3 Å². The van der Waals surface area contributed by atoms with E-state index >= 15 is 0 Å². The van der Waals surface area contributed by atoms with E-state index in [9.17, 15) is 14.7 Å². The lowest BCUT2D eigenvalue weighted by Gasteiger charge is -2.11. The lowest BCUT2D eigenvalue weighted by molar-refractivity contribution is 0.0697. The molecule has 0 spiro atoms. The summed E-state index contributed by atoms with van der Waals surface area (Å²) in [7, 11) is 1.54. The van der Waals surface area contributed by atoms with Crippen molar-refractivity contribution in [3.8, 4) is 11.5 Å². The molecule has 0 saturated carbocycles. The van der Waals surface area contributed by atoms with E-state index in [0.29, 0.717) is 23.7 Å². The molecule has 4 rings (SSSR count). The van der Waals surface area contributed by atoms with E-state index in [2.05, 4.69) is 9.97 Å². The van der Waals surface area contributed by atoms with E-state index in [1.165, 1.54) is 18.2 Å². The molecule has 0 saturated heterocycles. The van der Waals surface area contributed by atoms with Gasteiger partial charge in [0.2, 0.25) is 0 Å². The zero-order chi connectivity index (χ0) is 23.4. The van der Waals surface area contributed by atoms with Gasteiger partial charge < -0.3 is 19.6 Å². The molecule has 0 aliphatic rings. The van der Waals surface area contributed by atoms with Crippen LogP contribution in [-0.2, 0) is 6.61 Å². The van der Waals surface area contributed by atoms with Crippen molar-refractivity contribution in [3.05, 3.63) is 99.6 Å². The molecule has 0 aliphatic carbocycles. The Labute approximate surface area is 193 Å². The number of methoxy groups -OCH3 is 1. The van der Waals surface area contributed by atoms with E-state index in [1.807, 2.05) is 30.3 Å². The molecule has 3 aromatic carbocycles. The van der Waals surface area contributed by atoms with Crippen molar-refractivity contribution >= 4 is 39.6 Å². The summed E-state index contributed by atoms with van der Waals surface area (Å²) in [6.45, 7) is 0.397. The minimum atomic E-state index is -1.11. The van der Waals surface area contributed by atoms with Gasteiger partial charge in [-0.25, -0.2) is 9.78 Å². The molecule has 1 aromatic heterocycles. The Bertz CT molecular complexity index is 1410. The number of aromatic amines is 1. The maximum Gasteiger partial charge on any atom is 0.335 e. The van der Waals surface area contributed by atoms with Crippen LogP contribution < -0.4 is 15.0 Å². The average molecular weight is 463 g/mol. The number of carboxylic acids is 1. The van der Waals surface area contributed by atoms with Gasteiger partial charge in [-0.2, -0.15) is 0 Å². The van der Waals surface area contributed by atoms with Gasteiger partial charge in [0.25, 0.3) is 5.56 Å². The van der Waals surface area contributed by atoms with Crippen LogP contribution in [0.1, 0.15) is 27.3 Å². The molecule has 0 bridgehead atoms. The number of nitrogens with one attached hydrogen (secondary N) is 1. The summed E-state index contributed by atoms with van der Waals surface area (Å²) in [6.07, 6.45) is 1.62. The van der Waals surface area contributed by atoms with Crippen LogP contribution in [0, 0.1) is 0 Å². The quantitative estimate of drug-likeness (QED) is 0.403. The largest absolute Gasteiger partial charge is 0.493 e. The smallest absolute Gasteiger partial charge is 0.335 e. The molecule has 0 amide bonds. The van der Waals surface area contributed by atoms with E-state index in [1.54, 1.807) is 31.4 Å². The molecular formula is C25H19ClN2O5. The van der Waals surface area contributed by atoms with E-state index in [0.717, 1.165) is 5.56 Å². The number of ether oxygens (including phenoxy) is 2. The van der Waals surface area contributed by atoms with Crippen LogP contribution in [-0.4, -0.2) is 28.2 Å². The molecule has 0 radical (unpaired) electrons. The first-order chi connectivity index (χ1) is 15.9. The normalized spacial score (nSPS) is 11.4. The molecule has 1 heterocycles. The second-order valence-electron chi connectivity index (χ2n) is 7.13. The Hall–Kier alpha value is -4.10. The highest BCUT2D eigenvalue weighted by atomic mass is 35.5. The topological polar surface area (TPSA) is 102 Å². The van der Waals surface area contributed by atoms with Gasteiger partial charge >= 0.3 is 5.97 Å². The summed E-state index contributed by atoms with van der Waals surface area (Å²) in [6, 6.07) is 19.2. The van der Waals surface area contributed by atoms with Crippen LogP contribution >= 0.6 is 11.6 Å². The molecule has 2 N–H and O–H groups in total. The number of halogens is 1. The summed E-state index contributed by atoms with van der Waals surface area (Å²) >= 11 is 6.43. The summed E-state index contributed by atoms with van der Waals surface area (Å²) in [5, 5.41) is 9.64. The number of fused-ring (bicyclic) bond motifs is 1. The summed E-state index contributed by atoms with van der Waals surface area (Å²) in [5.41, 5.74) is 1.58. The van der Waals surface area contributed by atoms with Crippen molar-refractivity contribution in [1.29, 1.82) is 0 Å². The number of nitrogens with zero attached hydrogens (tertiary/aromatic N) is 1. The number of carboxylic acid groups (broad SMARTS) is 1. The third-order valence-electron chi connectivity index (χ3n) is 4.90. The summed E-state index contributed by atoms with van der Waals surface area (Å²) < 4.78 is 11.3. The van der Waals surface area contributed by atoms with Crippen molar-refractivity contribution in [2.45, 2.75) is 6.61 Å². The molecule has 166 valence electrons. The Balaban J connectivity index is 1.62. The molecule has 0 atom stereocenters. The van der Waals surface area contributed by atoms with Crippen molar-refractivity contribution in [2.75, 3.05) is 7.11 Å². The van der Waals surface area contributed by atoms with Crippen LogP contribution in [0.2, 0.25) is 0 Å². The van der Waals surface area contributed by atoms with Crippen molar-refractivity contribution in [3.63, 3.8) is 0 Å². The van der Waals surface area contributed by atoms with Crippen molar-refractivity contribution in [2.24, 2.45) is 0 Å². The highest BCUT2D eigenvalue weighted by Gasteiger charge is 2.11. The Kier molecular flexibility index (Phi) is 6.42. The number of carbonyl (C=O) groups is 1. The first-order valence-corrected chi connectivity index (χ1v) is 10.3. The van der Waals surface area contributed by atoms with Gasteiger partial charge in [-0.3, -0.25) is 4.79 Å².